The van der Waals surface area contributed by atoms with E-state index in [4.69, 9.17) is 0 Å². The molecule has 0 amide bonds. The van der Waals surface area contributed by atoms with Crippen LogP contribution in [0.4, 0.5) is 17.1 Å². The lowest BCUT2D eigenvalue weighted by molar-refractivity contribution is 1.13. The van der Waals surface area contributed by atoms with Gasteiger partial charge in [0.1, 0.15) is 0 Å². The van der Waals surface area contributed by atoms with Crippen molar-refractivity contribution in [3.8, 4) is 11.1 Å². The molecule has 0 fully saturated rings. The van der Waals surface area contributed by atoms with Crippen molar-refractivity contribution in [3.63, 3.8) is 0 Å². The van der Waals surface area contributed by atoms with Crippen LogP contribution in [0, 0.1) is 0 Å². The van der Waals surface area contributed by atoms with E-state index >= 15 is 0 Å². The molecule has 0 aromatic heterocycles. The first-order chi connectivity index (χ1) is 16.2. The number of para-hydroxylation sites is 2. The zero-order valence-corrected chi connectivity index (χ0v) is 18.7. The molecule has 0 aliphatic carbocycles. The molecule has 1 aliphatic heterocycles. The number of allylic oxidation sites excluding steroid dienone is 3. The molecule has 0 saturated carbocycles. The highest BCUT2D eigenvalue weighted by atomic mass is 15.1. The first-order valence-corrected chi connectivity index (χ1v) is 11.1. The highest BCUT2D eigenvalue weighted by Crippen LogP contribution is 2.36. The molecule has 160 valence electrons. The molecule has 0 atom stereocenters. The lowest BCUT2D eigenvalue weighted by atomic mass is 10.0. The average Bonchev–Trinajstić information content (AvgIpc) is 2.88. The number of anilines is 3. The third kappa shape index (κ3) is 4.24. The van der Waals surface area contributed by atoms with Gasteiger partial charge in [0.05, 0.1) is 5.69 Å². The second kappa shape index (κ2) is 9.05. The monoisotopic (exact) mass is 426 g/mol. The molecular formula is C31H26N2. The Balaban J connectivity index is 1.56. The van der Waals surface area contributed by atoms with Crippen LogP contribution in [-0.2, 0) is 0 Å². The Morgan fingerprint density at radius 3 is 2.00 bits per heavy atom. The number of nitrogens with zero attached hydrogens (tertiary/aromatic N) is 2. The van der Waals surface area contributed by atoms with Gasteiger partial charge in [0.2, 0.25) is 0 Å². The predicted octanol–water partition coefficient (Wildman–Crippen LogP) is 8.05. The number of rotatable bonds is 4. The fourth-order valence-electron chi connectivity index (χ4n) is 4.17. The smallest absolute Gasteiger partial charge is 0.0533 e. The third-order valence-corrected chi connectivity index (χ3v) is 6.01. The van der Waals surface area contributed by atoms with Crippen LogP contribution in [0.1, 0.15) is 5.56 Å². The first-order valence-electron chi connectivity index (χ1n) is 11.1. The summed E-state index contributed by atoms with van der Waals surface area (Å²) < 4.78 is 0. The van der Waals surface area contributed by atoms with Crippen LogP contribution in [0.2, 0.25) is 0 Å². The Bertz CT molecular complexity index is 1320. The van der Waals surface area contributed by atoms with Crippen LogP contribution in [-0.4, -0.2) is 7.05 Å². The minimum Gasteiger partial charge on any atom is -0.345 e. The number of hydrogen-bond acceptors (Lipinski definition) is 2. The minimum absolute atomic E-state index is 0.985. The molecule has 0 N–H and O–H groups in total. The van der Waals surface area contributed by atoms with E-state index in [1.807, 2.05) is 12.1 Å². The number of hydrogen-bond donors (Lipinski definition) is 0. The van der Waals surface area contributed by atoms with Crippen LogP contribution < -0.4 is 9.80 Å². The quantitative estimate of drug-likeness (QED) is 0.326. The summed E-state index contributed by atoms with van der Waals surface area (Å²) in [5.74, 6) is 0. The van der Waals surface area contributed by atoms with Crippen LogP contribution in [0.3, 0.4) is 0 Å². The zero-order valence-electron chi connectivity index (χ0n) is 18.7. The molecule has 1 aliphatic rings. The molecule has 0 saturated heterocycles. The fourth-order valence-corrected chi connectivity index (χ4v) is 4.17. The molecule has 0 bridgehead atoms. The second-order valence-corrected chi connectivity index (χ2v) is 8.10. The van der Waals surface area contributed by atoms with Crippen LogP contribution >= 0.6 is 0 Å². The van der Waals surface area contributed by atoms with Crippen molar-refractivity contribution in [2.24, 2.45) is 0 Å². The van der Waals surface area contributed by atoms with Gasteiger partial charge in [0.25, 0.3) is 0 Å². The van der Waals surface area contributed by atoms with Gasteiger partial charge >= 0.3 is 0 Å². The molecule has 2 heteroatoms. The average molecular weight is 427 g/mol. The molecule has 2 nitrogen and oxygen atoms in total. The largest absolute Gasteiger partial charge is 0.345 e. The van der Waals surface area contributed by atoms with Gasteiger partial charge in [-0.1, -0.05) is 85.4 Å². The summed E-state index contributed by atoms with van der Waals surface area (Å²) in [5.41, 5.74) is 8.96. The Morgan fingerprint density at radius 2 is 1.27 bits per heavy atom. The van der Waals surface area contributed by atoms with Gasteiger partial charge in [0.15, 0.2) is 0 Å². The number of likely N-dealkylation sites (N-methyl/N-ethyl adjacent to an activating group) is 1. The third-order valence-electron chi connectivity index (χ3n) is 6.01. The highest BCUT2D eigenvalue weighted by Gasteiger charge is 2.16. The molecule has 0 radical (unpaired) electrons. The molecule has 0 spiro atoms. The summed E-state index contributed by atoms with van der Waals surface area (Å²) in [4.78, 5) is 4.42. The first kappa shape index (κ1) is 20.6. The van der Waals surface area contributed by atoms with E-state index in [1.165, 1.54) is 11.1 Å². The van der Waals surface area contributed by atoms with Gasteiger partial charge in [-0.25, -0.2) is 0 Å². The zero-order chi connectivity index (χ0) is 22.6. The van der Waals surface area contributed by atoms with Crippen LogP contribution in [0.5, 0.6) is 0 Å². The van der Waals surface area contributed by atoms with Crippen LogP contribution in [0.25, 0.3) is 16.7 Å². The van der Waals surface area contributed by atoms with E-state index in [0.29, 0.717) is 0 Å². The molecule has 33 heavy (non-hydrogen) atoms. The maximum Gasteiger partial charge on any atom is 0.0533 e. The number of benzene rings is 4. The SMILES string of the molecule is C=C1/C=C(N(C)c2ccccc2)\C=C/N(c2ccc(-c3ccccc3)cc2)c2ccccc21. The Hall–Kier alpha value is -4.30. The van der Waals surface area contributed by atoms with Crippen molar-refractivity contribution in [2.75, 3.05) is 16.8 Å². The van der Waals surface area contributed by atoms with E-state index in [2.05, 4.69) is 139 Å². The van der Waals surface area contributed by atoms with Crippen molar-refractivity contribution in [1.82, 2.24) is 0 Å². The van der Waals surface area contributed by atoms with E-state index in [1.54, 1.807) is 0 Å². The molecule has 4 aromatic carbocycles. The Morgan fingerprint density at radius 1 is 0.667 bits per heavy atom. The maximum atomic E-state index is 4.40. The lowest BCUT2D eigenvalue weighted by Crippen LogP contribution is -2.18. The standard InChI is InChI=1S/C31H26N2/c1-24-23-29(32(2)27-13-7-4-8-14-27)21-22-33(31-16-10-9-15-30(24)31)28-19-17-26(18-20-28)25-11-5-3-6-12-25/h3-23H,1H2,2H3/b22-21-,29-23+. The van der Waals surface area contributed by atoms with E-state index in [0.717, 1.165) is 33.9 Å². The van der Waals surface area contributed by atoms with Gasteiger partial charge in [-0.2, -0.15) is 0 Å². The summed E-state index contributed by atoms with van der Waals surface area (Å²) in [6.07, 6.45) is 6.45. The van der Waals surface area contributed by atoms with Crippen molar-refractivity contribution in [3.05, 3.63) is 145 Å². The summed E-state index contributed by atoms with van der Waals surface area (Å²) in [5, 5.41) is 0. The molecule has 0 unspecified atom stereocenters. The predicted molar refractivity (Wildman–Crippen MR) is 142 cm³/mol. The molecule has 1 heterocycles. The van der Waals surface area contributed by atoms with Crippen molar-refractivity contribution in [1.29, 1.82) is 0 Å². The summed E-state index contributed by atoms with van der Waals surface area (Å²) in [6.45, 7) is 4.40. The van der Waals surface area contributed by atoms with Gasteiger partial charge < -0.3 is 9.80 Å². The summed E-state index contributed by atoms with van der Waals surface area (Å²) >= 11 is 0. The Labute approximate surface area is 196 Å². The van der Waals surface area contributed by atoms with Gasteiger partial charge in [-0.15, -0.1) is 0 Å². The van der Waals surface area contributed by atoms with E-state index in [-0.39, 0.29) is 0 Å². The van der Waals surface area contributed by atoms with Gasteiger partial charge in [0, 0.05) is 35.9 Å². The minimum atomic E-state index is 0.985. The van der Waals surface area contributed by atoms with Gasteiger partial charge in [-0.05, 0) is 59.2 Å². The maximum absolute atomic E-state index is 4.40. The fraction of sp³-hybridized carbons (Fsp3) is 0.0323. The normalized spacial score (nSPS) is 15.6. The van der Waals surface area contributed by atoms with Crippen molar-refractivity contribution in [2.45, 2.75) is 0 Å². The topological polar surface area (TPSA) is 6.48 Å². The Kier molecular flexibility index (Phi) is 5.65. The van der Waals surface area contributed by atoms with E-state index < -0.39 is 0 Å². The van der Waals surface area contributed by atoms with Crippen LogP contribution in [0.15, 0.2) is 140 Å². The second-order valence-electron chi connectivity index (χ2n) is 8.10. The van der Waals surface area contributed by atoms with E-state index in [9.17, 15) is 0 Å². The van der Waals surface area contributed by atoms with Gasteiger partial charge in [-0.3, -0.25) is 0 Å². The van der Waals surface area contributed by atoms with Crippen molar-refractivity contribution >= 4 is 22.6 Å². The number of fused-ring (bicyclic) bond motifs is 1. The lowest BCUT2D eigenvalue weighted by Gasteiger charge is -2.28. The molecule has 5 rings (SSSR count). The summed E-state index contributed by atoms with van der Waals surface area (Å²) in [7, 11) is 2.09. The van der Waals surface area contributed by atoms with Crippen molar-refractivity contribution < 1.29 is 0 Å². The molecular weight excluding hydrogens is 400 g/mol. The molecule has 4 aromatic rings. The summed E-state index contributed by atoms with van der Waals surface area (Å²) in [6, 6.07) is 38.0. The highest BCUT2D eigenvalue weighted by molar-refractivity contribution is 5.87.